The van der Waals surface area contributed by atoms with Crippen LogP contribution in [0.1, 0.15) is 41.5 Å². The third kappa shape index (κ3) is 5.17. The molecule has 2 atom stereocenters. The van der Waals surface area contributed by atoms with Crippen molar-refractivity contribution in [3.8, 4) is 0 Å². The van der Waals surface area contributed by atoms with E-state index in [-0.39, 0.29) is 6.10 Å². The Balaban J connectivity index is 4.61. The molecule has 0 amide bonds. The van der Waals surface area contributed by atoms with E-state index in [0.29, 0.717) is 5.92 Å². The molecule has 2 nitrogen and oxygen atoms in total. The summed E-state index contributed by atoms with van der Waals surface area (Å²) in [6, 6.07) is 3.52. The summed E-state index contributed by atoms with van der Waals surface area (Å²) >= 11 is 0. The standard InChI is InChI=1S/C14H28O2Si/c1-7-17(8-2,9-3)16-14(6)13(5)10-12(4)11-15/h10-11,13-14H,7-9H2,1-6H3/b12-10+/t13-,14+/m0/s1. The Labute approximate surface area is 108 Å². The van der Waals surface area contributed by atoms with Gasteiger partial charge in [-0.1, -0.05) is 33.8 Å². The Morgan fingerprint density at radius 1 is 1.18 bits per heavy atom. The first-order valence-electron chi connectivity index (χ1n) is 6.76. The Kier molecular flexibility index (Phi) is 7.64. The average Bonchev–Trinajstić information content (AvgIpc) is 2.35. The van der Waals surface area contributed by atoms with Crippen LogP contribution < -0.4 is 0 Å². The molecule has 0 aliphatic heterocycles. The molecular formula is C14H28O2Si. The largest absolute Gasteiger partial charge is 0.414 e. The molecule has 0 aromatic carbocycles. The summed E-state index contributed by atoms with van der Waals surface area (Å²) in [5.74, 6) is 0.303. The van der Waals surface area contributed by atoms with Crippen molar-refractivity contribution in [2.75, 3.05) is 0 Å². The van der Waals surface area contributed by atoms with E-state index in [1.807, 2.05) is 13.0 Å². The van der Waals surface area contributed by atoms with Gasteiger partial charge in [-0.15, -0.1) is 0 Å². The lowest BCUT2D eigenvalue weighted by atomic mass is 10.0. The van der Waals surface area contributed by atoms with Crippen LogP contribution >= 0.6 is 0 Å². The van der Waals surface area contributed by atoms with Crippen molar-refractivity contribution in [3.63, 3.8) is 0 Å². The van der Waals surface area contributed by atoms with E-state index < -0.39 is 8.32 Å². The quantitative estimate of drug-likeness (QED) is 0.370. The Bertz CT molecular complexity index is 249. The van der Waals surface area contributed by atoms with E-state index >= 15 is 0 Å². The van der Waals surface area contributed by atoms with E-state index in [9.17, 15) is 4.79 Å². The summed E-state index contributed by atoms with van der Waals surface area (Å²) in [4.78, 5) is 10.6. The van der Waals surface area contributed by atoms with E-state index in [1.54, 1.807) is 0 Å². The zero-order valence-corrected chi connectivity index (χ0v) is 13.2. The molecule has 0 radical (unpaired) electrons. The second-order valence-corrected chi connectivity index (χ2v) is 9.68. The van der Waals surface area contributed by atoms with Gasteiger partial charge < -0.3 is 4.43 Å². The highest BCUT2D eigenvalue weighted by atomic mass is 28.4. The number of carbonyl (C=O) groups is 1. The molecule has 0 aromatic rings. The van der Waals surface area contributed by atoms with Gasteiger partial charge >= 0.3 is 0 Å². The summed E-state index contributed by atoms with van der Waals surface area (Å²) in [6.45, 7) is 12.8. The maximum atomic E-state index is 10.6. The van der Waals surface area contributed by atoms with Crippen LogP contribution in [0, 0.1) is 5.92 Å². The van der Waals surface area contributed by atoms with Crippen molar-refractivity contribution in [1.82, 2.24) is 0 Å². The van der Waals surface area contributed by atoms with Gasteiger partial charge in [-0.3, -0.25) is 4.79 Å². The first kappa shape index (κ1) is 16.6. The van der Waals surface area contributed by atoms with Gasteiger partial charge in [0, 0.05) is 6.10 Å². The van der Waals surface area contributed by atoms with E-state index in [1.165, 1.54) is 18.1 Å². The molecule has 0 aromatic heterocycles. The molecule has 0 saturated heterocycles. The van der Waals surface area contributed by atoms with E-state index in [4.69, 9.17) is 4.43 Å². The molecule has 0 heterocycles. The molecule has 0 N–H and O–H groups in total. The molecule has 0 aliphatic rings. The predicted molar refractivity (Wildman–Crippen MR) is 76.7 cm³/mol. The topological polar surface area (TPSA) is 26.3 Å². The Morgan fingerprint density at radius 2 is 1.65 bits per heavy atom. The second kappa shape index (κ2) is 7.83. The fourth-order valence-corrected chi connectivity index (χ4v) is 5.09. The lowest BCUT2D eigenvalue weighted by Crippen LogP contribution is -2.40. The predicted octanol–water partition coefficient (Wildman–Crippen LogP) is 4.18. The average molecular weight is 256 g/mol. The van der Waals surface area contributed by atoms with Crippen LogP contribution in [-0.4, -0.2) is 20.7 Å². The SMILES string of the molecule is CC[Si](CC)(CC)O[C@H](C)[C@@H](C)/C=C(\C)C=O. The van der Waals surface area contributed by atoms with Gasteiger partial charge in [0.2, 0.25) is 0 Å². The van der Waals surface area contributed by atoms with Crippen LogP contribution in [0.15, 0.2) is 11.6 Å². The van der Waals surface area contributed by atoms with Gasteiger partial charge in [-0.25, -0.2) is 0 Å². The molecule has 100 valence electrons. The molecule has 0 fully saturated rings. The zero-order chi connectivity index (χ0) is 13.5. The highest BCUT2D eigenvalue weighted by molar-refractivity contribution is 6.73. The molecule has 0 rings (SSSR count). The summed E-state index contributed by atoms with van der Waals surface area (Å²) in [6.07, 6.45) is 3.13. The monoisotopic (exact) mass is 256 g/mol. The van der Waals surface area contributed by atoms with Gasteiger partial charge in [0.25, 0.3) is 0 Å². The molecule has 17 heavy (non-hydrogen) atoms. The number of aldehydes is 1. The van der Waals surface area contributed by atoms with Crippen molar-refractivity contribution >= 4 is 14.6 Å². The minimum absolute atomic E-state index is 0.205. The summed E-state index contributed by atoms with van der Waals surface area (Å²) < 4.78 is 6.37. The van der Waals surface area contributed by atoms with Crippen LogP contribution in [0.3, 0.4) is 0 Å². The normalized spacial score (nSPS) is 16.7. The zero-order valence-electron chi connectivity index (χ0n) is 12.2. The van der Waals surface area contributed by atoms with Crippen molar-refractivity contribution < 1.29 is 9.22 Å². The van der Waals surface area contributed by atoms with Gasteiger partial charge in [0.15, 0.2) is 8.32 Å². The highest BCUT2D eigenvalue weighted by Crippen LogP contribution is 2.26. The van der Waals surface area contributed by atoms with Crippen LogP contribution in [-0.2, 0) is 9.22 Å². The smallest absolute Gasteiger partial charge is 0.192 e. The maximum Gasteiger partial charge on any atom is 0.192 e. The number of hydrogen-bond donors (Lipinski definition) is 0. The molecule has 0 aliphatic carbocycles. The maximum absolute atomic E-state index is 10.6. The van der Waals surface area contributed by atoms with Gasteiger partial charge in [-0.05, 0) is 43.5 Å². The summed E-state index contributed by atoms with van der Waals surface area (Å²) in [5, 5.41) is 0. The first-order valence-corrected chi connectivity index (χ1v) is 9.29. The van der Waals surface area contributed by atoms with Gasteiger partial charge in [0.1, 0.15) is 6.29 Å². The second-order valence-electron chi connectivity index (χ2n) is 4.95. The number of carbonyl (C=O) groups excluding carboxylic acids is 1. The van der Waals surface area contributed by atoms with Crippen LogP contribution in [0.2, 0.25) is 18.1 Å². The molecule has 0 saturated carbocycles. The molecule has 0 bridgehead atoms. The minimum atomic E-state index is -1.52. The third-order valence-corrected chi connectivity index (χ3v) is 8.56. The van der Waals surface area contributed by atoms with Crippen LogP contribution in [0.4, 0.5) is 0 Å². The van der Waals surface area contributed by atoms with Crippen molar-refractivity contribution in [2.24, 2.45) is 5.92 Å². The van der Waals surface area contributed by atoms with Gasteiger partial charge in [-0.2, -0.15) is 0 Å². The van der Waals surface area contributed by atoms with Crippen LogP contribution in [0.25, 0.3) is 0 Å². The van der Waals surface area contributed by atoms with Gasteiger partial charge in [0.05, 0.1) is 0 Å². The number of hydrogen-bond acceptors (Lipinski definition) is 2. The van der Waals surface area contributed by atoms with Crippen molar-refractivity contribution in [3.05, 3.63) is 11.6 Å². The van der Waals surface area contributed by atoms with Crippen LogP contribution in [0.5, 0.6) is 0 Å². The van der Waals surface area contributed by atoms with E-state index in [0.717, 1.165) is 11.9 Å². The summed E-state index contributed by atoms with van der Waals surface area (Å²) in [7, 11) is -1.52. The third-order valence-electron chi connectivity index (χ3n) is 3.82. The van der Waals surface area contributed by atoms with Crippen molar-refractivity contribution in [1.29, 1.82) is 0 Å². The van der Waals surface area contributed by atoms with E-state index in [2.05, 4.69) is 34.6 Å². The minimum Gasteiger partial charge on any atom is -0.414 e. The lowest BCUT2D eigenvalue weighted by molar-refractivity contribution is -0.104. The molecule has 0 spiro atoms. The summed E-state index contributed by atoms with van der Waals surface area (Å²) in [5.41, 5.74) is 0.796. The number of allylic oxidation sites excluding steroid dienone is 1. The fourth-order valence-electron chi connectivity index (χ4n) is 2.09. The molecule has 0 unspecified atom stereocenters. The molecule has 3 heteroatoms. The van der Waals surface area contributed by atoms with Crippen molar-refractivity contribution in [2.45, 2.75) is 65.8 Å². The lowest BCUT2D eigenvalue weighted by Gasteiger charge is -2.33. The molecular weight excluding hydrogens is 228 g/mol. The first-order chi connectivity index (χ1) is 7.94. The highest BCUT2D eigenvalue weighted by Gasteiger charge is 2.31. The Morgan fingerprint density at radius 3 is 2.00 bits per heavy atom. The fraction of sp³-hybridized carbons (Fsp3) is 0.786. The Hall–Kier alpha value is -0.413. The number of rotatable bonds is 8.